The lowest BCUT2D eigenvalue weighted by atomic mass is 10.2. The summed E-state index contributed by atoms with van der Waals surface area (Å²) in [6.07, 6.45) is 1.59. The molecule has 1 aromatic carbocycles. The molecular weight excluding hydrogens is 231 g/mol. The van der Waals surface area contributed by atoms with Gasteiger partial charge in [0.15, 0.2) is 0 Å². The second kappa shape index (κ2) is 4.83. The van der Waals surface area contributed by atoms with Crippen molar-refractivity contribution in [1.82, 2.24) is 4.98 Å². The first-order chi connectivity index (χ1) is 8.58. The number of nitrogens with one attached hydrogen (secondary N) is 1. The third-order valence-corrected chi connectivity index (χ3v) is 2.62. The average molecular weight is 244 g/mol. The average Bonchev–Trinajstić information content (AvgIpc) is 2.39. The van der Waals surface area contributed by atoms with E-state index >= 15 is 0 Å². The van der Waals surface area contributed by atoms with E-state index in [1.165, 1.54) is 12.1 Å². The van der Waals surface area contributed by atoms with E-state index in [1.807, 2.05) is 11.9 Å². The van der Waals surface area contributed by atoms with Gasteiger partial charge in [0.1, 0.15) is 17.3 Å². The SMILES string of the molecule is CN(c1ccc(F)cc1)c1ccnc(C(=N)N)c1. The topological polar surface area (TPSA) is 66.0 Å². The molecule has 1 heterocycles. The van der Waals surface area contributed by atoms with Gasteiger partial charge in [-0.25, -0.2) is 4.39 Å². The smallest absolute Gasteiger partial charge is 0.141 e. The highest BCUT2D eigenvalue weighted by molar-refractivity contribution is 5.94. The lowest BCUT2D eigenvalue weighted by molar-refractivity contribution is 0.628. The zero-order chi connectivity index (χ0) is 13.1. The molecule has 5 heteroatoms. The molecule has 18 heavy (non-hydrogen) atoms. The Balaban J connectivity index is 2.33. The van der Waals surface area contributed by atoms with Crippen molar-refractivity contribution in [3.8, 4) is 0 Å². The minimum atomic E-state index is -0.272. The molecule has 92 valence electrons. The molecule has 2 aromatic rings. The highest BCUT2D eigenvalue weighted by atomic mass is 19.1. The van der Waals surface area contributed by atoms with Gasteiger partial charge in [0.05, 0.1) is 0 Å². The molecular formula is C13H13FN4. The maximum atomic E-state index is 12.8. The van der Waals surface area contributed by atoms with Gasteiger partial charge >= 0.3 is 0 Å². The van der Waals surface area contributed by atoms with Crippen LogP contribution in [0.1, 0.15) is 5.69 Å². The third-order valence-electron chi connectivity index (χ3n) is 2.62. The molecule has 0 radical (unpaired) electrons. The second-order valence-corrected chi connectivity index (χ2v) is 3.85. The molecule has 4 nitrogen and oxygen atoms in total. The van der Waals surface area contributed by atoms with E-state index in [9.17, 15) is 4.39 Å². The van der Waals surface area contributed by atoms with Crippen LogP contribution in [-0.2, 0) is 0 Å². The normalized spacial score (nSPS) is 10.1. The molecule has 0 atom stereocenters. The Morgan fingerprint density at radius 2 is 1.89 bits per heavy atom. The second-order valence-electron chi connectivity index (χ2n) is 3.85. The Kier molecular flexibility index (Phi) is 3.23. The summed E-state index contributed by atoms with van der Waals surface area (Å²) in [7, 11) is 1.85. The number of rotatable bonds is 3. The molecule has 0 spiro atoms. The number of hydrogen-bond donors (Lipinski definition) is 2. The number of nitrogen functional groups attached to an aromatic ring is 1. The minimum Gasteiger partial charge on any atom is -0.382 e. The van der Waals surface area contributed by atoms with Crippen molar-refractivity contribution >= 4 is 17.2 Å². The summed E-state index contributed by atoms with van der Waals surface area (Å²) < 4.78 is 12.8. The molecule has 3 N–H and O–H groups in total. The molecule has 0 saturated carbocycles. The number of nitrogens with zero attached hydrogens (tertiary/aromatic N) is 2. The molecule has 0 saturated heterocycles. The fraction of sp³-hybridized carbons (Fsp3) is 0.0769. The van der Waals surface area contributed by atoms with Crippen molar-refractivity contribution < 1.29 is 4.39 Å². The Morgan fingerprint density at radius 3 is 2.50 bits per heavy atom. The van der Waals surface area contributed by atoms with Gasteiger partial charge in [-0.2, -0.15) is 0 Å². The van der Waals surface area contributed by atoms with Crippen molar-refractivity contribution in [2.75, 3.05) is 11.9 Å². The van der Waals surface area contributed by atoms with E-state index in [0.29, 0.717) is 5.69 Å². The maximum Gasteiger partial charge on any atom is 0.141 e. The summed E-state index contributed by atoms with van der Waals surface area (Å²) in [4.78, 5) is 5.86. The van der Waals surface area contributed by atoms with Crippen LogP contribution in [-0.4, -0.2) is 17.9 Å². The summed E-state index contributed by atoms with van der Waals surface area (Å²) in [5, 5.41) is 7.35. The summed E-state index contributed by atoms with van der Waals surface area (Å²) in [5.41, 5.74) is 7.49. The van der Waals surface area contributed by atoms with Crippen molar-refractivity contribution in [3.05, 3.63) is 54.1 Å². The van der Waals surface area contributed by atoms with Gasteiger partial charge in [0.25, 0.3) is 0 Å². The van der Waals surface area contributed by atoms with Crippen LogP contribution in [0.4, 0.5) is 15.8 Å². The Bertz CT molecular complexity index is 565. The predicted molar refractivity (Wildman–Crippen MR) is 69.7 cm³/mol. The van der Waals surface area contributed by atoms with E-state index in [1.54, 1.807) is 30.5 Å². The molecule has 0 bridgehead atoms. The van der Waals surface area contributed by atoms with Crippen molar-refractivity contribution in [3.63, 3.8) is 0 Å². The summed E-state index contributed by atoms with van der Waals surface area (Å²) in [6.45, 7) is 0. The largest absolute Gasteiger partial charge is 0.382 e. The molecule has 1 aromatic heterocycles. The number of hydrogen-bond acceptors (Lipinski definition) is 3. The Labute approximate surface area is 104 Å². The number of pyridine rings is 1. The minimum absolute atomic E-state index is 0.0793. The van der Waals surface area contributed by atoms with Gasteiger partial charge in [-0.05, 0) is 36.4 Å². The van der Waals surface area contributed by atoms with Gasteiger partial charge < -0.3 is 10.6 Å². The molecule has 0 aliphatic rings. The number of anilines is 2. The number of nitrogens with two attached hydrogens (primary N) is 1. The molecule has 2 rings (SSSR count). The van der Waals surface area contributed by atoms with Crippen LogP contribution in [0.5, 0.6) is 0 Å². The van der Waals surface area contributed by atoms with Crippen LogP contribution in [0, 0.1) is 11.2 Å². The molecule has 0 fully saturated rings. The van der Waals surface area contributed by atoms with E-state index < -0.39 is 0 Å². The molecule has 0 amide bonds. The molecule has 0 aliphatic carbocycles. The van der Waals surface area contributed by atoms with E-state index in [0.717, 1.165) is 11.4 Å². The number of aromatic nitrogens is 1. The predicted octanol–water partition coefficient (Wildman–Crippen LogP) is 2.27. The van der Waals surface area contributed by atoms with Crippen LogP contribution in [0.15, 0.2) is 42.6 Å². The van der Waals surface area contributed by atoms with Crippen LogP contribution < -0.4 is 10.6 Å². The summed E-state index contributed by atoms with van der Waals surface area (Å²) in [5.74, 6) is -0.351. The van der Waals surface area contributed by atoms with Crippen LogP contribution in [0.25, 0.3) is 0 Å². The fourth-order valence-corrected chi connectivity index (χ4v) is 1.59. The van der Waals surface area contributed by atoms with E-state index in [4.69, 9.17) is 11.1 Å². The monoisotopic (exact) mass is 244 g/mol. The summed E-state index contributed by atoms with van der Waals surface area (Å²) in [6, 6.07) is 9.69. The van der Waals surface area contributed by atoms with Gasteiger partial charge in [0.2, 0.25) is 0 Å². The third kappa shape index (κ3) is 2.45. The van der Waals surface area contributed by atoms with Crippen molar-refractivity contribution in [2.24, 2.45) is 5.73 Å². The lowest BCUT2D eigenvalue weighted by Gasteiger charge is -2.19. The first kappa shape index (κ1) is 12.0. The Morgan fingerprint density at radius 1 is 1.22 bits per heavy atom. The van der Waals surface area contributed by atoms with Gasteiger partial charge in [-0.3, -0.25) is 10.4 Å². The van der Waals surface area contributed by atoms with Gasteiger partial charge in [-0.15, -0.1) is 0 Å². The van der Waals surface area contributed by atoms with Crippen molar-refractivity contribution in [1.29, 1.82) is 5.41 Å². The van der Waals surface area contributed by atoms with E-state index in [2.05, 4.69) is 4.98 Å². The molecule has 0 aliphatic heterocycles. The Hall–Kier alpha value is -2.43. The molecule has 0 unspecified atom stereocenters. The number of amidine groups is 1. The quantitative estimate of drug-likeness (QED) is 0.643. The lowest BCUT2D eigenvalue weighted by Crippen LogP contribution is -2.15. The first-order valence-corrected chi connectivity index (χ1v) is 5.37. The highest BCUT2D eigenvalue weighted by Gasteiger charge is 2.06. The van der Waals surface area contributed by atoms with Gasteiger partial charge in [0, 0.05) is 24.6 Å². The number of benzene rings is 1. The van der Waals surface area contributed by atoms with E-state index in [-0.39, 0.29) is 11.7 Å². The fourth-order valence-electron chi connectivity index (χ4n) is 1.59. The first-order valence-electron chi connectivity index (χ1n) is 5.37. The van der Waals surface area contributed by atoms with Crippen molar-refractivity contribution in [2.45, 2.75) is 0 Å². The number of halogens is 1. The standard InChI is InChI=1S/C13H13FN4/c1-18(10-4-2-9(14)3-5-10)11-6-7-17-12(8-11)13(15)16/h2-8H,1H3,(H3,15,16). The van der Waals surface area contributed by atoms with Gasteiger partial charge in [-0.1, -0.05) is 0 Å². The van der Waals surface area contributed by atoms with Crippen LogP contribution >= 0.6 is 0 Å². The van der Waals surface area contributed by atoms with Crippen LogP contribution in [0.3, 0.4) is 0 Å². The van der Waals surface area contributed by atoms with Crippen LogP contribution in [0.2, 0.25) is 0 Å². The highest BCUT2D eigenvalue weighted by Crippen LogP contribution is 2.23. The maximum absolute atomic E-state index is 12.8. The zero-order valence-corrected chi connectivity index (χ0v) is 9.89. The summed E-state index contributed by atoms with van der Waals surface area (Å²) >= 11 is 0. The zero-order valence-electron chi connectivity index (χ0n) is 9.89.